The number of nitrogens with zero attached hydrogens (tertiary/aromatic N) is 3. The van der Waals surface area contributed by atoms with Gasteiger partial charge in [0.1, 0.15) is 5.15 Å². The fourth-order valence-electron chi connectivity index (χ4n) is 1.19. The number of hydrogen-bond acceptors (Lipinski definition) is 2. The first-order chi connectivity index (χ1) is 6.88. The second-order valence-corrected chi connectivity index (χ2v) is 3.45. The van der Waals surface area contributed by atoms with Crippen molar-refractivity contribution in [2.45, 2.75) is 13.1 Å². The highest BCUT2D eigenvalue weighted by atomic mass is 35.5. The van der Waals surface area contributed by atoms with E-state index in [9.17, 15) is 13.2 Å². The standard InChI is InChI=1S/C8H5ClF3N3/c1-4-2-5(9)15-6(3-4)13-7(14-15)8(10,11)12/h2-3H,1H3. The number of halogens is 4. The number of aryl methyl sites for hydroxylation is 1. The summed E-state index contributed by atoms with van der Waals surface area (Å²) in [5.74, 6) is -1.19. The molecular formula is C8H5ClF3N3. The van der Waals surface area contributed by atoms with E-state index >= 15 is 0 Å². The minimum Gasteiger partial charge on any atom is -0.203 e. The lowest BCUT2D eigenvalue weighted by molar-refractivity contribution is -0.144. The molecule has 0 amide bonds. The number of fused-ring (bicyclic) bond motifs is 1. The summed E-state index contributed by atoms with van der Waals surface area (Å²) in [5, 5.41) is 3.38. The molecule has 2 aromatic heterocycles. The zero-order valence-corrected chi connectivity index (χ0v) is 8.26. The van der Waals surface area contributed by atoms with Crippen LogP contribution in [0.25, 0.3) is 5.65 Å². The summed E-state index contributed by atoms with van der Waals surface area (Å²) in [6.45, 7) is 1.72. The van der Waals surface area contributed by atoms with Crippen LogP contribution >= 0.6 is 11.6 Å². The smallest absolute Gasteiger partial charge is 0.203 e. The van der Waals surface area contributed by atoms with Crippen LogP contribution in [0, 0.1) is 6.92 Å². The molecule has 0 aliphatic rings. The van der Waals surface area contributed by atoms with Gasteiger partial charge in [-0.25, -0.2) is 9.50 Å². The lowest BCUT2D eigenvalue weighted by Crippen LogP contribution is -2.07. The summed E-state index contributed by atoms with van der Waals surface area (Å²) in [5.41, 5.74) is 0.820. The Hall–Kier alpha value is -1.30. The van der Waals surface area contributed by atoms with Gasteiger partial charge in [0.2, 0.25) is 0 Å². The zero-order chi connectivity index (χ0) is 11.2. The second-order valence-electron chi connectivity index (χ2n) is 3.06. The monoisotopic (exact) mass is 235 g/mol. The van der Waals surface area contributed by atoms with E-state index in [1.165, 1.54) is 12.1 Å². The topological polar surface area (TPSA) is 30.2 Å². The van der Waals surface area contributed by atoms with Gasteiger partial charge in [0, 0.05) is 0 Å². The van der Waals surface area contributed by atoms with Gasteiger partial charge >= 0.3 is 6.18 Å². The van der Waals surface area contributed by atoms with Gasteiger partial charge in [0.15, 0.2) is 5.65 Å². The molecule has 2 aromatic rings. The molecule has 0 N–H and O–H groups in total. The van der Waals surface area contributed by atoms with Crippen molar-refractivity contribution >= 4 is 17.2 Å². The van der Waals surface area contributed by atoms with Crippen LogP contribution in [-0.2, 0) is 6.18 Å². The molecule has 0 aromatic carbocycles. The van der Waals surface area contributed by atoms with E-state index in [1.54, 1.807) is 6.92 Å². The van der Waals surface area contributed by atoms with E-state index in [-0.39, 0.29) is 10.8 Å². The van der Waals surface area contributed by atoms with E-state index in [2.05, 4.69) is 10.1 Å². The van der Waals surface area contributed by atoms with Crippen molar-refractivity contribution in [3.05, 3.63) is 28.7 Å². The Morgan fingerprint density at radius 1 is 1.33 bits per heavy atom. The van der Waals surface area contributed by atoms with E-state index in [4.69, 9.17) is 11.6 Å². The molecule has 80 valence electrons. The first-order valence-electron chi connectivity index (χ1n) is 3.98. The zero-order valence-electron chi connectivity index (χ0n) is 7.51. The Morgan fingerprint density at radius 2 is 2.00 bits per heavy atom. The number of aromatic nitrogens is 3. The third-order valence-corrected chi connectivity index (χ3v) is 2.06. The van der Waals surface area contributed by atoms with Crippen molar-refractivity contribution in [2.24, 2.45) is 0 Å². The fourth-order valence-corrected chi connectivity index (χ4v) is 1.49. The predicted octanol–water partition coefficient (Wildman–Crippen LogP) is 2.71. The van der Waals surface area contributed by atoms with E-state index < -0.39 is 12.0 Å². The van der Waals surface area contributed by atoms with Crippen LogP contribution in [0.15, 0.2) is 12.1 Å². The molecule has 0 unspecified atom stereocenters. The van der Waals surface area contributed by atoms with Crippen molar-refractivity contribution in [2.75, 3.05) is 0 Å². The largest absolute Gasteiger partial charge is 0.453 e. The maximum atomic E-state index is 12.3. The van der Waals surface area contributed by atoms with Crippen LogP contribution in [0.2, 0.25) is 5.15 Å². The van der Waals surface area contributed by atoms with E-state index in [0.29, 0.717) is 0 Å². The van der Waals surface area contributed by atoms with Crippen molar-refractivity contribution in [1.82, 2.24) is 14.6 Å². The van der Waals surface area contributed by atoms with Gasteiger partial charge in [-0.1, -0.05) is 11.6 Å². The Labute approximate surface area is 87.5 Å². The van der Waals surface area contributed by atoms with Gasteiger partial charge in [0.25, 0.3) is 5.82 Å². The molecule has 0 saturated carbocycles. The van der Waals surface area contributed by atoms with Gasteiger partial charge < -0.3 is 0 Å². The molecule has 0 radical (unpaired) electrons. The highest BCUT2D eigenvalue weighted by Gasteiger charge is 2.36. The lowest BCUT2D eigenvalue weighted by Gasteiger charge is -1.97. The van der Waals surface area contributed by atoms with E-state index in [1.807, 2.05) is 0 Å². The normalized spacial score (nSPS) is 12.3. The van der Waals surface area contributed by atoms with Gasteiger partial charge in [-0.15, -0.1) is 5.10 Å². The minimum absolute atomic E-state index is 0.0901. The molecular weight excluding hydrogens is 231 g/mol. The fraction of sp³-hybridized carbons (Fsp3) is 0.250. The van der Waals surface area contributed by atoms with Gasteiger partial charge in [-0.2, -0.15) is 13.2 Å². The molecule has 0 saturated heterocycles. The van der Waals surface area contributed by atoms with Crippen molar-refractivity contribution in [3.63, 3.8) is 0 Å². The molecule has 0 spiro atoms. The summed E-state index contributed by atoms with van der Waals surface area (Å²) in [6, 6.07) is 3.00. The molecule has 3 nitrogen and oxygen atoms in total. The van der Waals surface area contributed by atoms with Crippen molar-refractivity contribution in [1.29, 1.82) is 0 Å². The molecule has 2 heterocycles. The minimum atomic E-state index is -4.55. The van der Waals surface area contributed by atoms with Crippen molar-refractivity contribution < 1.29 is 13.2 Å². The molecule has 7 heteroatoms. The summed E-state index contributed by atoms with van der Waals surface area (Å²) < 4.78 is 37.8. The quantitative estimate of drug-likeness (QED) is 0.657. The van der Waals surface area contributed by atoms with Crippen LogP contribution in [0.4, 0.5) is 13.2 Å². The lowest BCUT2D eigenvalue weighted by atomic mass is 10.3. The summed E-state index contributed by atoms with van der Waals surface area (Å²) >= 11 is 5.72. The van der Waals surface area contributed by atoms with Gasteiger partial charge in [-0.05, 0) is 24.6 Å². The van der Waals surface area contributed by atoms with Crippen LogP contribution in [0.1, 0.15) is 11.4 Å². The SMILES string of the molecule is Cc1cc(Cl)n2nc(C(F)(F)F)nc2c1. The highest BCUT2D eigenvalue weighted by Crippen LogP contribution is 2.27. The first kappa shape index (κ1) is 10.2. The third-order valence-electron chi connectivity index (χ3n) is 1.79. The average Bonchev–Trinajstić information content (AvgIpc) is 2.46. The Morgan fingerprint density at radius 3 is 2.60 bits per heavy atom. The molecule has 2 rings (SSSR count). The van der Waals surface area contributed by atoms with Gasteiger partial charge in [0.05, 0.1) is 0 Å². The molecule has 0 aliphatic heterocycles. The van der Waals surface area contributed by atoms with E-state index in [0.717, 1.165) is 10.1 Å². The highest BCUT2D eigenvalue weighted by molar-refractivity contribution is 6.29. The molecule has 0 atom stereocenters. The Balaban J connectivity index is 2.71. The number of pyridine rings is 1. The Kier molecular flexibility index (Phi) is 2.11. The maximum Gasteiger partial charge on any atom is 0.453 e. The van der Waals surface area contributed by atoms with Crippen LogP contribution in [0.5, 0.6) is 0 Å². The van der Waals surface area contributed by atoms with Gasteiger partial charge in [-0.3, -0.25) is 0 Å². The summed E-state index contributed by atoms with van der Waals surface area (Å²) in [7, 11) is 0. The molecule has 15 heavy (non-hydrogen) atoms. The number of hydrogen-bond donors (Lipinski definition) is 0. The average molecular weight is 236 g/mol. The molecule has 0 aliphatic carbocycles. The Bertz CT molecular complexity index is 518. The summed E-state index contributed by atoms with van der Waals surface area (Å²) in [4.78, 5) is 3.35. The second kappa shape index (κ2) is 3.10. The number of rotatable bonds is 0. The van der Waals surface area contributed by atoms with Crippen molar-refractivity contribution in [3.8, 4) is 0 Å². The third kappa shape index (κ3) is 1.77. The predicted molar refractivity (Wildman–Crippen MR) is 47.7 cm³/mol. The van der Waals surface area contributed by atoms with Crippen LogP contribution in [0.3, 0.4) is 0 Å². The molecule has 0 bridgehead atoms. The maximum absolute atomic E-state index is 12.3. The number of alkyl halides is 3. The first-order valence-corrected chi connectivity index (χ1v) is 4.36. The van der Waals surface area contributed by atoms with Crippen LogP contribution < -0.4 is 0 Å². The van der Waals surface area contributed by atoms with Crippen LogP contribution in [-0.4, -0.2) is 14.6 Å². The summed E-state index contributed by atoms with van der Waals surface area (Å²) in [6.07, 6.45) is -4.55. The molecule has 0 fully saturated rings.